The Morgan fingerprint density at radius 1 is 1.52 bits per heavy atom. The van der Waals surface area contributed by atoms with E-state index in [4.69, 9.17) is 15.2 Å². The number of benzene rings is 1. The lowest BCUT2D eigenvalue weighted by Crippen LogP contribution is -2.42. The number of hydrogen-bond acceptors (Lipinski definition) is 4. The Labute approximate surface area is 131 Å². The van der Waals surface area contributed by atoms with Gasteiger partial charge in [-0.2, -0.15) is 0 Å². The van der Waals surface area contributed by atoms with Crippen molar-refractivity contribution in [3.8, 4) is 5.75 Å². The molecule has 0 fully saturated rings. The molecule has 1 aromatic carbocycles. The summed E-state index contributed by atoms with van der Waals surface area (Å²) in [7, 11) is 0. The number of hydrogen-bond donors (Lipinski definition) is 2. The number of carbonyl (C=O) groups is 1. The number of anilines is 1. The molecule has 1 atom stereocenters. The molecule has 118 valence electrons. The lowest BCUT2D eigenvalue weighted by atomic mass is 9.89. The number of rotatable bonds is 4. The van der Waals surface area contributed by atoms with Gasteiger partial charge in [-0.05, 0) is 39.0 Å². The molecule has 0 aliphatic carbocycles. The van der Waals surface area contributed by atoms with Crippen molar-refractivity contribution >= 4 is 24.0 Å². The zero-order valence-corrected chi connectivity index (χ0v) is 13.5. The van der Waals surface area contributed by atoms with E-state index in [1.807, 2.05) is 32.9 Å². The van der Waals surface area contributed by atoms with Gasteiger partial charge < -0.3 is 20.5 Å². The zero-order valence-electron chi connectivity index (χ0n) is 12.6. The third-order valence-electron chi connectivity index (χ3n) is 3.26. The summed E-state index contributed by atoms with van der Waals surface area (Å²) < 4.78 is 11.1. The third-order valence-corrected chi connectivity index (χ3v) is 3.26. The number of nitrogen functional groups attached to an aromatic ring is 1. The first-order valence-corrected chi connectivity index (χ1v) is 6.87. The standard InChI is InChI=1S/C15H22N2O3.ClH/c1-4-19-9-14(18)17-12-8-15(2,3)20-13-6-5-10(16)7-11(12)13;/h5-7,12H,4,8-9,16H2,1-3H3,(H,17,18);1H. The Balaban J connectivity index is 0.00000220. The average molecular weight is 315 g/mol. The predicted molar refractivity (Wildman–Crippen MR) is 84.8 cm³/mol. The number of amides is 1. The van der Waals surface area contributed by atoms with Gasteiger partial charge in [-0.25, -0.2) is 0 Å². The van der Waals surface area contributed by atoms with Gasteiger partial charge in [0.05, 0.1) is 6.04 Å². The summed E-state index contributed by atoms with van der Waals surface area (Å²) in [6, 6.07) is 5.41. The third kappa shape index (κ3) is 4.51. The van der Waals surface area contributed by atoms with Gasteiger partial charge in [0.25, 0.3) is 0 Å². The summed E-state index contributed by atoms with van der Waals surface area (Å²) >= 11 is 0. The van der Waals surface area contributed by atoms with Crippen LogP contribution in [-0.2, 0) is 9.53 Å². The van der Waals surface area contributed by atoms with E-state index < -0.39 is 0 Å². The summed E-state index contributed by atoms with van der Waals surface area (Å²) in [4.78, 5) is 11.9. The SMILES string of the molecule is CCOCC(=O)NC1CC(C)(C)Oc2ccc(N)cc21.Cl. The zero-order chi connectivity index (χ0) is 14.8. The van der Waals surface area contributed by atoms with Crippen LogP contribution in [0.15, 0.2) is 18.2 Å². The van der Waals surface area contributed by atoms with Crippen LogP contribution in [0.2, 0.25) is 0 Å². The highest BCUT2D eigenvalue weighted by Gasteiger charge is 2.34. The fourth-order valence-corrected chi connectivity index (χ4v) is 2.43. The summed E-state index contributed by atoms with van der Waals surface area (Å²) in [6.07, 6.45) is 0.696. The molecule has 2 rings (SSSR count). The van der Waals surface area contributed by atoms with E-state index in [9.17, 15) is 4.79 Å². The number of nitrogens with two attached hydrogens (primary N) is 1. The van der Waals surface area contributed by atoms with E-state index in [0.29, 0.717) is 18.7 Å². The molecule has 0 saturated heterocycles. The van der Waals surface area contributed by atoms with Crippen LogP contribution in [0.1, 0.15) is 38.8 Å². The van der Waals surface area contributed by atoms with Crippen molar-refractivity contribution in [3.05, 3.63) is 23.8 Å². The fourth-order valence-electron chi connectivity index (χ4n) is 2.43. The van der Waals surface area contributed by atoms with Crippen molar-refractivity contribution in [2.24, 2.45) is 0 Å². The molecule has 21 heavy (non-hydrogen) atoms. The maximum Gasteiger partial charge on any atom is 0.246 e. The van der Waals surface area contributed by atoms with Crippen LogP contribution < -0.4 is 15.8 Å². The molecule has 6 heteroatoms. The van der Waals surface area contributed by atoms with Crippen LogP contribution in [0.5, 0.6) is 5.75 Å². The monoisotopic (exact) mass is 314 g/mol. The van der Waals surface area contributed by atoms with Crippen LogP contribution in [-0.4, -0.2) is 24.7 Å². The van der Waals surface area contributed by atoms with Crippen molar-refractivity contribution < 1.29 is 14.3 Å². The second kappa shape index (κ2) is 7.00. The first kappa shape index (κ1) is 17.6. The van der Waals surface area contributed by atoms with Crippen molar-refractivity contribution in [2.75, 3.05) is 18.9 Å². The molecule has 3 N–H and O–H groups in total. The van der Waals surface area contributed by atoms with Gasteiger partial charge in [-0.15, -0.1) is 12.4 Å². The Bertz CT molecular complexity index is 506. The Hall–Kier alpha value is -1.46. The van der Waals surface area contributed by atoms with E-state index >= 15 is 0 Å². The lowest BCUT2D eigenvalue weighted by molar-refractivity contribution is -0.126. The highest BCUT2D eigenvalue weighted by molar-refractivity contribution is 5.85. The summed E-state index contributed by atoms with van der Waals surface area (Å²) in [5, 5.41) is 2.99. The maximum atomic E-state index is 11.9. The van der Waals surface area contributed by atoms with E-state index in [0.717, 1.165) is 11.3 Å². The largest absolute Gasteiger partial charge is 0.487 e. The summed E-state index contributed by atoms with van der Waals surface area (Å²) in [5.41, 5.74) is 7.09. The van der Waals surface area contributed by atoms with E-state index in [1.165, 1.54) is 0 Å². The van der Waals surface area contributed by atoms with Crippen LogP contribution >= 0.6 is 12.4 Å². The van der Waals surface area contributed by atoms with Crippen molar-refractivity contribution in [1.82, 2.24) is 5.32 Å². The maximum absolute atomic E-state index is 11.9. The molecule has 0 aromatic heterocycles. The van der Waals surface area contributed by atoms with Crippen LogP contribution in [0.3, 0.4) is 0 Å². The van der Waals surface area contributed by atoms with Crippen LogP contribution in [0.25, 0.3) is 0 Å². The van der Waals surface area contributed by atoms with Gasteiger partial charge >= 0.3 is 0 Å². The molecular weight excluding hydrogens is 292 g/mol. The molecule has 0 saturated carbocycles. The predicted octanol–water partition coefficient (Wildman–Crippen LogP) is 2.45. The van der Waals surface area contributed by atoms with Gasteiger partial charge in [0.2, 0.25) is 5.91 Å². The first-order valence-electron chi connectivity index (χ1n) is 6.87. The van der Waals surface area contributed by atoms with Crippen molar-refractivity contribution in [3.63, 3.8) is 0 Å². The van der Waals surface area contributed by atoms with Gasteiger partial charge in [0.15, 0.2) is 0 Å². The molecule has 1 aliphatic rings. The Morgan fingerprint density at radius 3 is 2.90 bits per heavy atom. The lowest BCUT2D eigenvalue weighted by Gasteiger charge is -2.38. The second-order valence-electron chi connectivity index (χ2n) is 5.62. The van der Waals surface area contributed by atoms with E-state index in [1.54, 1.807) is 6.07 Å². The smallest absolute Gasteiger partial charge is 0.246 e. The number of fused-ring (bicyclic) bond motifs is 1. The number of ether oxygens (including phenoxy) is 2. The summed E-state index contributed by atoms with van der Waals surface area (Å²) in [5.74, 6) is 0.653. The highest BCUT2D eigenvalue weighted by atomic mass is 35.5. The second-order valence-corrected chi connectivity index (χ2v) is 5.62. The fraction of sp³-hybridized carbons (Fsp3) is 0.533. The van der Waals surface area contributed by atoms with Gasteiger partial charge in [0.1, 0.15) is 18.0 Å². The molecule has 1 heterocycles. The minimum absolute atomic E-state index is 0. The normalized spacial score (nSPS) is 18.9. The molecule has 0 bridgehead atoms. The Morgan fingerprint density at radius 2 is 2.24 bits per heavy atom. The number of halogens is 1. The number of nitrogens with one attached hydrogen (secondary N) is 1. The minimum Gasteiger partial charge on any atom is -0.487 e. The molecule has 1 unspecified atom stereocenters. The van der Waals surface area contributed by atoms with Gasteiger partial charge in [0, 0.05) is 24.3 Å². The summed E-state index contributed by atoms with van der Waals surface area (Å²) in [6.45, 7) is 6.48. The first-order chi connectivity index (χ1) is 9.41. The van der Waals surface area contributed by atoms with Crippen LogP contribution in [0, 0.1) is 0 Å². The molecular formula is C15H23ClN2O3. The Kier molecular flexibility index (Phi) is 5.87. The van der Waals surface area contributed by atoms with Crippen molar-refractivity contribution in [1.29, 1.82) is 0 Å². The minimum atomic E-state index is -0.327. The molecule has 0 spiro atoms. The van der Waals surface area contributed by atoms with Gasteiger partial charge in [-0.3, -0.25) is 4.79 Å². The molecule has 1 amide bonds. The topological polar surface area (TPSA) is 73.6 Å². The highest BCUT2D eigenvalue weighted by Crippen LogP contribution is 2.40. The molecule has 0 radical (unpaired) electrons. The molecule has 1 aromatic rings. The molecule has 1 aliphatic heterocycles. The van der Waals surface area contributed by atoms with E-state index in [2.05, 4.69) is 5.32 Å². The quantitative estimate of drug-likeness (QED) is 0.837. The number of carbonyl (C=O) groups excluding carboxylic acids is 1. The van der Waals surface area contributed by atoms with Crippen LogP contribution in [0.4, 0.5) is 5.69 Å². The van der Waals surface area contributed by atoms with Crippen molar-refractivity contribution in [2.45, 2.75) is 38.8 Å². The molecule has 5 nitrogen and oxygen atoms in total. The van der Waals surface area contributed by atoms with Gasteiger partial charge in [-0.1, -0.05) is 0 Å². The average Bonchev–Trinajstić information content (AvgIpc) is 2.36. The van der Waals surface area contributed by atoms with E-state index in [-0.39, 0.29) is 36.6 Å².